The minimum absolute atomic E-state index is 0.0609. The molecule has 3 nitrogen and oxygen atoms in total. The lowest BCUT2D eigenvalue weighted by Gasteiger charge is -2.20. The Kier molecular flexibility index (Phi) is 3.00. The molecular weight excluding hydrogens is 272 g/mol. The maximum atomic E-state index is 12.6. The Morgan fingerprint density at radius 1 is 1.05 bits per heavy atom. The third-order valence-corrected chi connectivity index (χ3v) is 4.06. The molecule has 0 unspecified atom stereocenters. The molecule has 3 rings (SSSR count). The molecule has 0 aliphatic heterocycles. The van der Waals surface area contributed by atoms with Gasteiger partial charge in [0.05, 0.1) is 5.39 Å². The summed E-state index contributed by atoms with van der Waals surface area (Å²) in [5.74, 6) is -0.904. The molecule has 20 heavy (non-hydrogen) atoms. The first-order valence-electron chi connectivity index (χ1n) is 6.32. The van der Waals surface area contributed by atoms with E-state index < -0.39 is 5.79 Å². The molecule has 1 heterocycles. The fourth-order valence-electron chi connectivity index (χ4n) is 2.17. The van der Waals surface area contributed by atoms with Crippen LogP contribution in [0.5, 0.6) is 5.75 Å². The molecule has 2 aromatic carbocycles. The standard InChI is InChI=1S/C16H14O3S/c1-16(2,18)19-11-7-5-9-13-14(11)15(17)10-6-3-4-8-12(10)20-13/h3-9,18H,1-2H3. The molecule has 0 saturated carbocycles. The van der Waals surface area contributed by atoms with Crippen molar-refractivity contribution >= 4 is 31.5 Å². The van der Waals surface area contributed by atoms with Crippen LogP contribution in [0.3, 0.4) is 0 Å². The number of fused-ring (bicyclic) bond motifs is 2. The zero-order valence-corrected chi connectivity index (χ0v) is 12.0. The molecule has 0 atom stereocenters. The Balaban J connectivity index is 2.39. The minimum Gasteiger partial charge on any atom is -0.462 e. The predicted molar refractivity (Wildman–Crippen MR) is 82.5 cm³/mol. The number of hydrogen-bond acceptors (Lipinski definition) is 4. The Bertz CT molecular complexity index is 844. The summed E-state index contributed by atoms with van der Waals surface area (Å²) in [5.41, 5.74) is -0.0609. The van der Waals surface area contributed by atoms with Crippen molar-refractivity contribution in [1.29, 1.82) is 0 Å². The molecule has 0 aliphatic carbocycles. The summed E-state index contributed by atoms with van der Waals surface area (Å²) in [5, 5.41) is 11.0. The van der Waals surface area contributed by atoms with Crippen molar-refractivity contribution in [1.82, 2.24) is 0 Å². The van der Waals surface area contributed by atoms with Gasteiger partial charge in [-0.05, 0) is 24.3 Å². The first-order valence-corrected chi connectivity index (χ1v) is 7.13. The second kappa shape index (κ2) is 4.58. The normalized spacial score (nSPS) is 11.9. The third-order valence-electron chi connectivity index (χ3n) is 2.93. The molecule has 3 aromatic rings. The molecule has 0 saturated heterocycles. The second-order valence-electron chi connectivity index (χ2n) is 5.11. The van der Waals surface area contributed by atoms with E-state index in [1.165, 1.54) is 0 Å². The number of benzene rings is 2. The largest absolute Gasteiger partial charge is 0.462 e. The Labute approximate surface area is 120 Å². The highest BCUT2D eigenvalue weighted by Crippen LogP contribution is 2.31. The van der Waals surface area contributed by atoms with E-state index in [9.17, 15) is 9.90 Å². The van der Waals surface area contributed by atoms with Crippen molar-refractivity contribution in [3.63, 3.8) is 0 Å². The summed E-state index contributed by atoms with van der Waals surface area (Å²) in [6.07, 6.45) is 0. The van der Waals surface area contributed by atoms with E-state index in [1.54, 1.807) is 31.3 Å². The Morgan fingerprint density at radius 3 is 2.50 bits per heavy atom. The molecule has 1 N–H and O–H groups in total. The summed E-state index contributed by atoms with van der Waals surface area (Å²) < 4.78 is 7.31. The van der Waals surface area contributed by atoms with Gasteiger partial charge in [-0.2, -0.15) is 0 Å². The molecule has 0 radical (unpaired) electrons. The molecule has 0 aliphatic rings. The van der Waals surface area contributed by atoms with Crippen LogP contribution in [0.15, 0.2) is 47.3 Å². The number of ether oxygens (including phenoxy) is 1. The molecular formula is C16H14O3S. The lowest BCUT2D eigenvalue weighted by Crippen LogP contribution is -2.27. The van der Waals surface area contributed by atoms with E-state index in [-0.39, 0.29) is 5.43 Å². The van der Waals surface area contributed by atoms with E-state index >= 15 is 0 Å². The molecule has 0 amide bonds. The van der Waals surface area contributed by atoms with E-state index in [1.807, 2.05) is 36.4 Å². The van der Waals surface area contributed by atoms with Crippen LogP contribution in [0.1, 0.15) is 13.8 Å². The monoisotopic (exact) mass is 286 g/mol. The van der Waals surface area contributed by atoms with Crippen LogP contribution in [0.4, 0.5) is 0 Å². The van der Waals surface area contributed by atoms with Crippen LogP contribution in [-0.4, -0.2) is 10.9 Å². The van der Waals surface area contributed by atoms with Crippen molar-refractivity contribution in [3.05, 3.63) is 52.7 Å². The maximum Gasteiger partial charge on any atom is 0.202 e. The van der Waals surface area contributed by atoms with Gasteiger partial charge in [-0.1, -0.05) is 18.2 Å². The lowest BCUT2D eigenvalue weighted by atomic mass is 10.1. The van der Waals surface area contributed by atoms with Gasteiger partial charge in [0.2, 0.25) is 5.79 Å². The van der Waals surface area contributed by atoms with Gasteiger partial charge in [-0.25, -0.2) is 0 Å². The van der Waals surface area contributed by atoms with Crippen LogP contribution in [0.2, 0.25) is 0 Å². The van der Waals surface area contributed by atoms with Gasteiger partial charge in [-0.15, -0.1) is 11.3 Å². The van der Waals surface area contributed by atoms with Gasteiger partial charge >= 0.3 is 0 Å². The third kappa shape index (κ3) is 2.28. The van der Waals surface area contributed by atoms with Crippen LogP contribution in [0, 0.1) is 0 Å². The summed E-state index contributed by atoms with van der Waals surface area (Å²) in [7, 11) is 0. The number of rotatable bonds is 2. The van der Waals surface area contributed by atoms with Crippen molar-refractivity contribution in [2.75, 3.05) is 0 Å². The summed E-state index contributed by atoms with van der Waals surface area (Å²) >= 11 is 1.54. The zero-order chi connectivity index (χ0) is 14.3. The number of hydrogen-bond donors (Lipinski definition) is 1. The SMILES string of the molecule is CC(C)(O)Oc1cccc2sc3ccccc3c(=O)c12. The van der Waals surface area contributed by atoms with Crippen molar-refractivity contribution in [3.8, 4) is 5.75 Å². The van der Waals surface area contributed by atoms with Crippen molar-refractivity contribution in [2.24, 2.45) is 0 Å². The predicted octanol–water partition coefficient (Wildman–Crippen LogP) is 3.52. The van der Waals surface area contributed by atoms with Crippen LogP contribution >= 0.6 is 11.3 Å². The summed E-state index contributed by atoms with van der Waals surface area (Å²) in [6.45, 7) is 3.08. The topological polar surface area (TPSA) is 46.5 Å². The van der Waals surface area contributed by atoms with E-state index in [4.69, 9.17) is 4.74 Å². The van der Waals surface area contributed by atoms with Crippen LogP contribution < -0.4 is 10.2 Å². The molecule has 0 fully saturated rings. The van der Waals surface area contributed by atoms with Crippen LogP contribution in [-0.2, 0) is 0 Å². The second-order valence-corrected chi connectivity index (χ2v) is 6.19. The van der Waals surface area contributed by atoms with Gasteiger partial charge in [0.1, 0.15) is 5.75 Å². The number of aliphatic hydroxyl groups is 1. The quantitative estimate of drug-likeness (QED) is 0.579. The Hall–Kier alpha value is -1.91. The van der Waals surface area contributed by atoms with E-state index in [0.717, 1.165) is 9.40 Å². The fraction of sp³-hybridized carbons (Fsp3) is 0.188. The minimum atomic E-state index is -1.32. The maximum absolute atomic E-state index is 12.6. The first kappa shape index (κ1) is 13.1. The van der Waals surface area contributed by atoms with Gasteiger partial charge in [0, 0.05) is 28.6 Å². The van der Waals surface area contributed by atoms with Gasteiger partial charge in [0.25, 0.3) is 0 Å². The average molecular weight is 286 g/mol. The van der Waals surface area contributed by atoms with Crippen molar-refractivity contribution < 1.29 is 9.84 Å². The molecule has 0 bridgehead atoms. The molecule has 4 heteroatoms. The highest BCUT2D eigenvalue weighted by atomic mass is 32.1. The van der Waals surface area contributed by atoms with Crippen LogP contribution in [0.25, 0.3) is 20.2 Å². The zero-order valence-electron chi connectivity index (χ0n) is 11.2. The average Bonchev–Trinajstić information content (AvgIpc) is 2.37. The summed E-state index contributed by atoms with van der Waals surface area (Å²) in [6, 6.07) is 12.9. The van der Waals surface area contributed by atoms with Gasteiger partial charge in [-0.3, -0.25) is 4.79 Å². The molecule has 0 spiro atoms. The smallest absolute Gasteiger partial charge is 0.202 e. The lowest BCUT2D eigenvalue weighted by molar-refractivity contribution is -0.103. The van der Waals surface area contributed by atoms with E-state index in [0.29, 0.717) is 16.5 Å². The van der Waals surface area contributed by atoms with Crippen molar-refractivity contribution in [2.45, 2.75) is 19.6 Å². The highest BCUT2D eigenvalue weighted by Gasteiger charge is 2.18. The van der Waals surface area contributed by atoms with E-state index in [2.05, 4.69) is 0 Å². The van der Waals surface area contributed by atoms with Gasteiger partial charge in [0.15, 0.2) is 5.43 Å². The van der Waals surface area contributed by atoms with Gasteiger partial charge < -0.3 is 9.84 Å². The summed E-state index contributed by atoms with van der Waals surface area (Å²) in [4.78, 5) is 12.6. The fourth-order valence-corrected chi connectivity index (χ4v) is 3.27. The first-order chi connectivity index (χ1) is 9.46. The Morgan fingerprint density at radius 2 is 1.75 bits per heavy atom. The molecule has 102 valence electrons. The highest BCUT2D eigenvalue weighted by molar-refractivity contribution is 7.24. The molecule has 1 aromatic heterocycles.